The number of rotatable bonds is 1. The van der Waals surface area contributed by atoms with Crippen LogP contribution in [-0.2, 0) is 0 Å². The van der Waals surface area contributed by atoms with Crippen molar-refractivity contribution in [2.45, 2.75) is 31.1 Å². The summed E-state index contributed by atoms with van der Waals surface area (Å²) in [4.78, 5) is 0. The molecule has 0 spiro atoms. The van der Waals surface area contributed by atoms with Crippen molar-refractivity contribution < 1.29 is 0 Å². The molecule has 5 rings (SSSR count). The van der Waals surface area contributed by atoms with E-state index in [1.54, 1.807) is 22.3 Å². The van der Waals surface area contributed by atoms with Crippen LogP contribution in [0.3, 0.4) is 0 Å². The van der Waals surface area contributed by atoms with Gasteiger partial charge in [0.1, 0.15) is 0 Å². The first-order valence-electron chi connectivity index (χ1n) is 7.81. The molecule has 0 bridgehead atoms. The quantitative estimate of drug-likeness (QED) is 0.664. The minimum atomic E-state index is 0.739. The molecule has 3 aliphatic carbocycles. The van der Waals surface area contributed by atoms with E-state index in [0.29, 0.717) is 0 Å². The smallest absolute Gasteiger partial charge is 0.000917 e. The molecule has 2 aromatic carbocycles. The van der Waals surface area contributed by atoms with E-state index >= 15 is 0 Å². The molecule has 1 saturated carbocycles. The fraction of sp³-hybridized carbons (Fsp3) is 0.300. The first kappa shape index (κ1) is 10.9. The lowest BCUT2D eigenvalue weighted by atomic mass is 9.87. The summed E-state index contributed by atoms with van der Waals surface area (Å²) in [6, 6.07) is 20.3. The maximum atomic E-state index is 2.37. The highest BCUT2D eigenvalue weighted by Crippen LogP contribution is 2.69. The third kappa shape index (κ3) is 1.32. The molecule has 1 fully saturated rings. The van der Waals surface area contributed by atoms with Crippen LogP contribution < -0.4 is 0 Å². The Morgan fingerprint density at radius 2 is 1.50 bits per heavy atom. The van der Waals surface area contributed by atoms with Crippen LogP contribution in [-0.4, -0.2) is 0 Å². The minimum absolute atomic E-state index is 0.739. The second-order valence-electron chi connectivity index (χ2n) is 6.43. The van der Waals surface area contributed by atoms with Crippen LogP contribution in [0.25, 0.3) is 5.57 Å². The zero-order valence-electron chi connectivity index (χ0n) is 11.5. The lowest BCUT2D eigenvalue weighted by Gasteiger charge is -2.17. The van der Waals surface area contributed by atoms with E-state index in [9.17, 15) is 0 Å². The summed E-state index contributed by atoms with van der Waals surface area (Å²) in [5.41, 5.74) is 8.22. The van der Waals surface area contributed by atoms with Gasteiger partial charge >= 0.3 is 0 Å². The average Bonchev–Trinajstić information content (AvgIpc) is 3.07. The predicted molar refractivity (Wildman–Crippen MR) is 82.6 cm³/mol. The second-order valence-corrected chi connectivity index (χ2v) is 6.43. The van der Waals surface area contributed by atoms with E-state index in [2.05, 4.69) is 54.6 Å². The number of hydrogen-bond acceptors (Lipinski definition) is 0. The molecular weight excluding hydrogens is 240 g/mol. The Labute approximate surface area is 120 Å². The van der Waals surface area contributed by atoms with Gasteiger partial charge in [-0.05, 0) is 59.3 Å². The van der Waals surface area contributed by atoms with Gasteiger partial charge in [-0.1, -0.05) is 60.2 Å². The van der Waals surface area contributed by atoms with E-state index < -0.39 is 0 Å². The fourth-order valence-corrected chi connectivity index (χ4v) is 4.73. The van der Waals surface area contributed by atoms with E-state index in [1.165, 1.54) is 24.8 Å². The van der Waals surface area contributed by atoms with Crippen molar-refractivity contribution in [1.29, 1.82) is 0 Å². The van der Waals surface area contributed by atoms with E-state index in [0.717, 1.165) is 17.8 Å². The molecule has 0 radical (unpaired) electrons. The van der Waals surface area contributed by atoms with Gasteiger partial charge in [-0.3, -0.25) is 0 Å². The molecule has 0 aliphatic heterocycles. The predicted octanol–water partition coefficient (Wildman–Crippen LogP) is 5.13. The average molecular weight is 258 g/mol. The Hall–Kier alpha value is -1.82. The third-order valence-electron chi connectivity index (χ3n) is 5.51. The van der Waals surface area contributed by atoms with Crippen molar-refractivity contribution in [1.82, 2.24) is 0 Å². The Bertz CT molecular complexity index is 704. The van der Waals surface area contributed by atoms with Crippen LogP contribution in [0, 0.1) is 5.92 Å². The van der Waals surface area contributed by atoms with Crippen molar-refractivity contribution in [2.75, 3.05) is 0 Å². The summed E-state index contributed by atoms with van der Waals surface area (Å²) in [5.74, 6) is 2.30. The molecule has 0 N–H and O–H groups in total. The van der Waals surface area contributed by atoms with Gasteiger partial charge in [0.25, 0.3) is 0 Å². The van der Waals surface area contributed by atoms with Gasteiger partial charge < -0.3 is 0 Å². The summed E-state index contributed by atoms with van der Waals surface area (Å²) in [6.45, 7) is 0. The van der Waals surface area contributed by atoms with Crippen LogP contribution in [0.2, 0.25) is 0 Å². The normalized spacial score (nSPS) is 29.7. The molecule has 0 nitrogen and oxygen atoms in total. The Morgan fingerprint density at radius 3 is 2.40 bits per heavy atom. The molecule has 3 atom stereocenters. The fourth-order valence-electron chi connectivity index (χ4n) is 4.73. The molecule has 0 amide bonds. The number of benzene rings is 2. The van der Waals surface area contributed by atoms with Gasteiger partial charge in [0.05, 0.1) is 0 Å². The highest BCUT2D eigenvalue weighted by molar-refractivity contribution is 5.79. The van der Waals surface area contributed by atoms with Crippen LogP contribution in [0.5, 0.6) is 0 Å². The van der Waals surface area contributed by atoms with Gasteiger partial charge in [-0.15, -0.1) is 0 Å². The molecule has 98 valence electrons. The summed E-state index contributed by atoms with van der Waals surface area (Å²) in [6.07, 6.45) is 4.01. The molecule has 0 aromatic heterocycles. The molecule has 20 heavy (non-hydrogen) atoms. The zero-order valence-corrected chi connectivity index (χ0v) is 11.5. The summed E-state index contributed by atoms with van der Waals surface area (Å²) < 4.78 is 0. The lowest BCUT2D eigenvalue weighted by Crippen LogP contribution is -2.00. The highest BCUT2D eigenvalue weighted by Gasteiger charge is 2.57. The first-order valence-corrected chi connectivity index (χ1v) is 7.81. The van der Waals surface area contributed by atoms with Crippen molar-refractivity contribution in [3.8, 4) is 0 Å². The van der Waals surface area contributed by atoms with Gasteiger partial charge in [0, 0.05) is 0 Å². The summed E-state index contributed by atoms with van der Waals surface area (Å²) >= 11 is 0. The molecule has 0 heterocycles. The van der Waals surface area contributed by atoms with E-state index in [1.807, 2.05) is 0 Å². The summed E-state index contributed by atoms with van der Waals surface area (Å²) in [7, 11) is 0. The molecule has 0 unspecified atom stereocenters. The van der Waals surface area contributed by atoms with Gasteiger partial charge in [-0.2, -0.15) is 0 Å². The first-order chi connectivity index (χ1) is 9.95. The Balaban J connectivity index is 1.68. The Kier molecular flexibility index (Phi) is 2.10. The van der Waals surface area contributed by atoms with E-state index in [-0.39, 0.29) is 0 Å². The standard InChI is InChI=1S/C20H18/c1-2-7-13(8-3-1)18-19-16-10-5-4-9-14(16)15-11-6-12-17(15)20(18)19/h1-5,7-10,18-20H,6,11-12H2/t18-,19-,20+/m1/s1. The second kappa shape index (κ2) is 3.85. The minimum Gasteiger partial charge on any atom is -0.0622 e. The lowest BCUT2D eigenvalue weighted by molar-refractivity contribution is 0.824. The van der Waals surface area contributed by atoms with Gasteiger partial charge in [-0.25, -0.2) is 0 Å². The molecule has 2 aromatic rings. The maximum absolute atomic E-state index is 2.37. The maximum Gasteiger partial charge on any atom is -0.000917 e. The number of hydrogen-bond donors (Lipinski definition) is 0. The van der Waals surface area contributed by atoms with Crippen molar-refractivity contribution in [2.24, 2.45) is 5.92 Å². The van der Waals surface area contributed by atoms with Crippen LogP contribution in [0.15, 0.2) is 60.2 Å². The van der Waals surface area contributed by atoms with Crippen molar-refractivity contribution >= 4 is 5.57 Å². The van der Waals surface area contributed by atoms with Crippen LogP contribution in [0.1, 0.15) is 47.8 Å². The molecule has 0 saturated heterocycles. The monoisotopic (exact) mass is 258 g/mol. The van der Waals surface area contributed by atoms with E-state index in [4.69, 9.17) is 0 Å². The number of fused-ring (bicyclic) bond motifs is 5. The molecular formula is C20H18. The largest absolute Gasteiger partial charge is 0.0622 e. The van der Waals surface area contributed by atoms with Crippen LogP contribution >= 0.6 is 0 Å². The topological polar surface area (TPSA) is 0 Å². The molecule has 0 heteroatoms. The van der Waals surface area contributed by atoms with Crippen molar-refractivity contribution in [3.05, 3.63) is 76.9 Å². The van der Waals surface area contributed by atoms with Crippen LogP contribution in [0.4, 0.5) is 0 Å². The third-order valence-corrected chi connectivity index (χ3v) is 5.51. The SMILES string of the molecule is c1ccc([C@H]2[C@@H]3C4=C(CCC4)c4ccccc4[C@@H]32)cc1. The Morgan fingerprint density at radius 1 is 0.700 bits per heavy atom. The highest BCUT2D eigenvalue weighted by atomic mass is 14.6. The molecule has 3 aliphatic rings. The van der Waals surface area contributed by atoms with Gasteiger partial charge in [0.2, 0.25) is 0 Å². The number of allylic oxidation sites excluding steroid dienone is 2. The van der Waals surface area contributed by atoms with Gasteiger partial charge in [0.15, 0.2) is 0 Å². The zero-order chi connectivity index (χ0) is 13.1. The summed E-state index contributed by atoms with van der Waals surface area (Å²) in [5, 5.41) is 0. The van der Waals surface area contributed by atoms with Crippen molar-refractivity contribution in [3.63, 3.8) is 0 Å².